The fraction of sp³-hybridized carbons (Fsp3) is 0.176. The van der Waals surface area contributed by atoms with E-state index in [1.54, 1.807) is 6.08 Å². The number of carbonyl (C=O) groups excluding carboxylic acids is 1. The number of carboxylic acid groups (broad SMARTS) is 2. The minimum atomic E-state index is -1.53. The number of thioether (sulfide) groups is 1. The van der Waals surface area contributed by atoms with Gasteiger partial charge in [-0.1, -0.05) is 42.2 Å². The Labute approximate surface area is 157 Å². The molecular formula is C17H14N2O5S2. The molecule has 0 radical (unpaired) electrons. The zero-order valence-electron chi connectivity index (χ0n) is 13.6. The van der Waals surface area contributed by atoms with Gasteiger partial charge in [0, 0.05) is 29.7 Å². The van der Waals surface area contributed by atoms with E-state index in [0.29, 0.717) is 0 Å². The highest BCUT2D eigenvalue weighted by molar-refractivity contribution is 8.26. The molecule has 2 N–H and O–H groups in total. The number of hydrogen-bond acceptors (Lipinski definition) is 5. The molecule has 1 fully saturated rings. The number of carbonyl (C=O) groups is 3. The quantitative estimate of drug-likeness (QED) is 0.597. The Kier molecular flexibility index (Phi) is 4.84. The third-order valence-corrected chi connectivity index (χ3v) is 5.33. The van der Waals surface area contributed by atoms with E-state index >= 15 is 0 Å². The topological polar surface area (TPSA) is 99.8 Å². The van der Waals surface area contributed by atoms with Crippen LogP contribution in [0.25, 0.3) is 17.0 Å². The summed E-state index contributed by atoms with van der Waals surface area (Å²) in [7, 11) is 1.89. The fourth-order valence-corrected chi connectivity index (χ4v) is 4.18. The van der Waals surface area contributed by atoms with Gasteiger partial charge in [-0.15, -0.1) is 0 Å². The molecule has 3 rings (SSSR count). The highest BCUT2D eigenvalue weighted by atomic mass is 32.2. The highest BCUT2D eigenvalue weighted by Gasteiger charge is 2.41. The molecule has 1 atom stereocenters. The van der Waals surface area contributed by atoms with Crippen LogP contribution in [0.5, 0.6) is 0 Å². The minimum absolute atomic E-state index is 0.0372. The van der Waals surface area contributed by atoms with Crippen molar-refractivity contribution in [1.82, 2.24) is 9.47 Å². The first-order valence-electron chi connectivity index (χ1n) is 7.55. The summed E-state index contributed by atoms with van der Waals surface area (Å²) in [6, 6.07) is 6.14. The maximum absolute atomic E-state index is 12.7. The van der Waals surface area contributed by atoms with Crippen LogP contribution in [0.15, 0.2) is 35.4 Å². The third kappa shape index (κ3) is 3.23. The lowest BCUT2D eigenvalue weighted by Gasteiger charge is -2.21. The summed E-state index contributed by atoms with van der Waals surface area (Å²) in [4.78, 5) is 36.2. The molecule has 134 valence electrons. The molecule has 1 amide bonds. The number of nitrogens with zero attached hydrogens (tertiary/aromatic N) is 2. The van der Waals surface area contributed by atoms with Crippen molar-refractivity contribution in [2.45, 2.75) is 12.5 Å². The number of aliphatic carboxylic acids is 2. The Morgan fingerprint density at radius 3 is 2.65 bits per heavy atom. The van der Waals surface area contributed by atoms with E-state index in [-0.39, 0.29) is 9.23 Å². The molecule has 1 aliphatic heterocycles. The van der Waals surface area contributed by atoms with Crippen LogP contribution in [0, 0.1) is 0 Å². The third-order valence-electron chi connectivity index (χ3n) is 4.00. The normalized spacial score (nSPS) is 17.3. The SMILES string of the molecule is Cn1cc(/C=C2\SC(=S)N([C@@H](CC(=O)O)C(=O)O)C2=O)c2ccccc21. The Balaban J connectivity index is 1.99. The van der Waals surface area contributed by atoms with E-state index in [1.807, 2.05) is 42.1 Å². The van der Waals surface area contributed by atoms with Crippen molar-refractivity contribution in [2.24, 2.45) is 7.05 Å². The Morgan fingerprint density at radius 1 is 1.31 bits per heavy atom. The summed E-state index contributed by atoms with van der Waals surface area (Å²) in [5.41, 5.74) is 1.79. The van der Waals surface area contributed by atoms with Gasteiger partial charge in [-0.05, 0) is 12.1 Å². The van der Waals surface area contributed by atoms with E-state index < -0.39 is 30.3 Å². The number of para-hydroxylation sites is 1. The largest absolute Gasteiger partial charge is 0.481 e. The van der Waals surface area contributed by atoms with Gasteiger partial charge in [-0.3, -0.25) is 14.5 Å². The van der Waals surface area contributed by atoms with Gasteiger partial charge in [0.05, 0.1) is 11.3 Å². The van der Waals surface area contributed by atoms with Gasteiger partial charge in [0.15, 0.2) is 0 Å². The van der Waals surface area contributed by atoms with Crippen molar-refractivity contribution in [1.29, 1.82) is 0 Å². The number of aryl methyl sites for hydroxylation is 1. The average Bonchev–Trinajstić information content (AvgIpc) is 3.03. The van der Waals surface area contributed by atoms with Crippen molar-refractivity contribution < 1.29 is 24.6 Å². The molecule has 1 aliphatic rings. The lowest BCUT2D eigenvalue weighted by Crippen LogP contribution is -2.45. The zero-order chi connectivity index (χ0) is 19.0. The molecule has 7 nitrogen and oxygen atoms in total. The lowest BCUT2D eigenvalue weighted by atomic mass is 10.1. The second-order valence-corrected chi connectivity index (χ2v) is 7.39. The number of aromatic nitrogens is 1. The number of fused-ring (bicyclic) bond motifs is 1. The Hall–Kier alpha value is -2.65. The molecule has 2 heterocycles. The molecule has 2 aromatic rings. The standard InChI is InChI=1S/C17H14N2O5S2/c1-18-8-9(10-4-2-3-5-11(10)18)6-13-15(22)19(17(25)26-13)12(16(23)24)7-14(20)21/h2-6,8,12H,7H2,1H3,(H,20,21)(H,23,24)/b13-6-/t12-/m0/s1. The minimum Gasteiger partial charge on any atom is -0.481 e. The molecule has 0 unspecified atom stereocenters. The van der Waals surface area contributed by atoms with Crippen LogP contribution in [0.1, 0.15) is 12.0 Å². The van der Waals surface area contributed by atoms with Gasteiger partial charge in [-0.25, -0.2) is 4.79 Å². The second-order valence-electron chi connectivity index (χ2n) is 5.72. The van der Waals surface area contributed by atoms with Crippen LogP contribution in [-0.4, -0.2) is 47.9 Å². The number of amides is 1. The molecule has 26 heavy (non-hydrogen) atoms. The van der Waals surface area contributed by atoms with Crippen molar-refractivity contribution >= 4 is 63.1 Å². The van der Waals surface area contributed by atoms with Gasteiger partial charge < -0.3 is 14.8 Å². The number of hydrogen-bond donors (Lipinski definition) is 2. The summed E-state index contributed by atoms with van der Waals surface area (Å²) in [5, 5.41) is 19.2. The molecule has 0 bridgehead atoms. The van der Waals surface area contributed by atoms with Crippen LogP contribution in [0.2, 0.25) is 0 Å². The number of carboxylic acids is 2. The molecule has 0 saturated carbocycles. The van der Waals surface area contributed by atoms with Gasteiger partial charge in [0.2, 0.25) is 0 Å². The molecule has 9 heteroatoms. The number of benzene rings is 1. The van der Waals surface area contributed by atoms with E-state index in [2.05, 4.69) is 0 Å². The highest BCUT2D eigenvalue weighted by Crippen LogP contribution is 2.36. The Morgan fingerprint density at radius 2 is 2.00 bits per heavy atom. The van der Waals surface area contributed by atoms with Crippen LogP contribution in [0.4, 0.5) is 0 Å². The smallest absolute Gasteiger partial charge is 0.327 e. The van der Waals surface area contributed by atoms with Crippen LogP contribution in [-0.2, 0) is 21.4 Å². The zero-order valence-corrected chi connectivity index (χ0v) is 15.2. The molecule has 1 aromatic heterocycles. The first-order chi connectivity index (χ1) is 12.3. The van der Waals surface area contributed by atoms with Gasteiger partial charge in [0.1, 0.15) is 10.4 Å². The van der Waals surface area contributed by atoms with Crippen LogP contribution >= 0.6 is 24.0 Å². The maximum Gasteiger partial charge on any atom is 0.327 e. The first-order valence-corrected chi connectivity index (χ1v) is 8.77. The summed E-state index contributed by atoms with van der Waals surface area (Å²) < 4.78 is 1.96. The molecule has 1 saturated heterocycles. The van der Waals surface area contributed by atoms with E-state index in [0.717, 1.165) is 33.1 Å². The maximum atomic E-state index is 12.7. The van der Waals surface area contributed by atoms with Gasteiger partial charge >= 0.3 is 11.9 Å². The van der Waals surface area contributed by atoms with Gasteiger partial charge in [-0.2, -0.15) is 0 Å². The summed E-state index contributed by atoms with van der Waals surface area (Å²) >= 11 is 6.10. The summed E-state index contributed by atoms with van der Waals surface area (Å²) in [6.45, 7) is 0. The van der Waals surface area contributed by atoms with E-state index in [4.69, 9.17) is 17.3 Å². The monoisotopic (exact) mass is 390 g/mol. The van der Waals surface area contributed by atoms with Crippen LogP contribution < -0.4 is 0 Å². The lowest BCUT2D eigenvalue weighted by molar-refractivity contribution is -0.150. The molecule has 0 spiro atoms. The fourth-order valence-electron chi connectivity index (χ4n) is 2.83. The predicted molar refractivity (Wildman–Crippen MR) is 102 cm³/mol. The van der Waals surface area contributed by atoms with Crippen LogP contribution in [0.3, 0.4) is 0 Å². The van der Waals surface area contributed by atoms with E-state index in [1.165, 1.54) is 0 Å². The van der Waals surface area contributed by atoms with Crippen molar-refractivity contribution in [3.8, 4) is 0 Å². The molecule has 1 aromatic carbocycles. The average molecular weight is 390 g/mol. The predicted octanol–water partition coefficient (Wildman–Crippen LogP) is 2.31. The molecule has 0 aliphatic carbocycles. The molecular weight excluding hydrogens is 376 g/mol. The first kappa shape index (κ1) is 18.2. The Bertz CT molecular complexity index is 979. The van der Waals surface area contributed by atoms with Crippen molar-refractivity contribution in [2.75, 3.05) is 0 Å². The summed E-state index contributed by atoms with van der Waals surface area (Å²) in [5.74, 6) is -3.32. The number of rotatable bonds is 5. The van der Waals surface area contributed by atoms with E-state index in [9.17, 15) is 19.5 Å². The van der Waals surface area contributed by atoms with Gasteiger partial charge in [0.25, 0.3) is 5.91 Å². The van der Waals surface area contributed by atoms with Crippen molar-refractivity contribution in [3.05, 3.63) is 40.9 Å². The van der Waals surface area contributed by atoms with Crippen molar-refractivity contribution in [3.63, 3.8) is 0 Å². The number of thiocarbonyl (C=S) groups is 1. The summed E-state index contributed by atoms with van der Waals surface area (Å²) in [6.07, 6.45) is 2.80. The second kappa shape index (κ2) is 6.93.